The Morgan fingerprint density at radius 3 is 2.45 bits per heavy atom. The third kappa shape index (κ3) is 4.48. The van der Waals surface area contributed by atoms with E-state index in [2.05, 4.69) is 30.6 Å². The van der Waals surface area contributed by atoms with E-state index >= 15 is 0 Å². The molecular weight excluding hydrogens is 482 g/mol. The fraction of sp³-hybridized carbons (Fsp3) is 0.217. The predicted octanol–water partition coefficient (Wildman–Crippen LogP) is 5.60. The van der Waals surface area contributed by atoms with Gasteiger partial charge >= 0.3 is 5.97 Å². The van der Waals surface area contributed by atoms with Crippen molar-refractivity contribution in [3.8, 4) is 11.3 Å². The molecule has 0 unspecified atom stereocenters. The number of methoxy groups -OCH3 is 1. The van der Waals surface area contributed by atoms with Crippen LogP contribution in [0, 0.1) is 0 Å². The van der Waals surface area contributed by atoms with Crippen LogP contribution in [-0.4, -0.2) is 31.1 Å². The first-order valence-electron chi connectivity index (χ1n) is 9.99. The Bertz CT molecular complexity index is 1450. The van der Waals surface area contributed by atoms with Crippen molar-refractivity contribution in [2.24, 2.45) is 0 Å². The third-order valence-corrected chi connectivity index (χ3v) is 7.74. The molecule has 0 fully saturated rings. The Hall–Kier alpha value is -2.88. The van der Waals surface area contributed by atoms with Crippen LogP contribution in [-0.2, 0) is 20.2 Å². The molecule has 3 aromatic heterocycles. The van der Waals surface area contributed by atoms with Crippen LogP contribution in [0.2, 0.25) is 5.02 Å². The number of hydrogen-bond donors (Lipinski definition) is 1. The van der Waals surface area contributed by atoms with E-state index in [1.807, 2.05) is 12.1 Å². The second kappa shape index (κ2) is 8.48. The Morgan fingerprint density at radius 1 is 1.12 bits per heavy atom. The number of carbonyl (C=O) groups excluding carboxylic acids is 1. The van der Waals surface area contributed by atoms with E-state index in [1.165, 1.54) is 23.0 Å². The molecule has 33 heavy (non-hydrogen) atoms. The molecule has 0 spiro atoms. The lowest BCUT2D eigenvalue weighted by Crippen LogP contribution is -2.16. The molecule has 0 radical (unpaired) electrons. The molecule has 0 aliphatic carbocycles. The number of fused-ring (bicyclic) bond motifs is 1. The van der Waals surface area contributed by atoms with Gasteiger partial charge in [-0.2, -0.15) is 5.10 Å². The van der Waals surface area contributed by atoms with Crippen molar-refractivity contribution in [2.45, 2.75) is 31.1 Å². The van der Waals surface area contributed by atoms with Gasteiger partial charge in [0.1, 0.15) is 10.7 Å². The number of anilines is 1. The van der Waals surface area contributed by atoms with Gasteiger partial charge in [-0.3, -0.25) is 4.72 Å². The van der Waals surface area contributed by atoms with Crippen molar-refractivity contribution in [1.29, 1.82) is 0 Å². The first-order chi connectivity index (χ1) is 15.5. The molecule has 1 aromatic carbocycles. The number of esters is 1. The van der Waals surface area contributed by atoms with Gasteiger partial charge in [0.15, 0.2) is 0 Å². The molecule has 0 aliphatic heterocycles. The molecule has 1 N–H and O–H groups in total. The van der Waals surface area contributed by atoms with Gasteiger partial charge in [-0.15, -0.1) is 11.3 Å². The molecule has 7 nitrogen and oxygen atoms in total. The summed E-state index contributed by atoms with van der Waals surface area (Å²) in [6, 6.07) is 13.4. The number of nitrogens with zero attached hydrogens (tertiary/aromatic N) is 2. The van der Waals surface area contributed by atoms with Crippen molar-refractivity contribution in [3.63, 3.8) is 0 Å². The Kier molecular flexibility index (Phi) is 5.98. The highest BCUT2D eigenvalue weighted by Crippen LogP contribution is 2.32. The van der Waals surface area contributed by atoms with Crippen LogP contribution >= 0.6 is 22.9 Å². The van der Waals surface area contributed by atoms with E-state index < -0.39 is 16.0 Å². The highest BCUT2D eigenvalue weighted by molar-refractivity contribution is 7.92. The maximum absolute atomic E-state index is 13.1. The molecule has 0 saturated heterocycles. The fourth-order valence-electron chi connectivity index (χ4n) is 3.34. The molecule has 0 saturated carbocycles. The highest BCUT2D eigenvalue weighted by atomic mass is 35.5. The smallest absolute Gasteiger partial charge is 0.348 e. The van der Waals surface area contributed by atoms with Gasteiger partial charge in [-0.25, -0.2) is 17.7 Å². The minimum absolute atomic E-state index is 0.0891. The van der Waals surface area contributed by atoms with E-state index in [0.29, 0.717) is 26.7 Å². The summed E-state index contributed by atoms with van der Waals surface area (Å²) in [5, 5.41) is 6.67. The van der Waals surface area contributed by atoms with E-state index in [-0.39, 0.29) is 16.1 Å². The van der Waals surface area contributed by atoms with E-state index in [9.17, 15) is 13.2 Å². The summed E-state index contributed by atoms with van der Waals surface area (Å²) in [5.41, 5.74) is 2.49. The van der Waals surface area contributed by atoms with Crippen LogP contribution in [0.5, 0.6) is 0 Å². The lowest BCUT2D eigenvalue weighted by molar-refractivity contribution is 0.0607. The summed E-state index contributed by atoms with van der Waals surface area (Å²) in [5.74, 6) is -0.252. The summed E-state index contributed by atoms with van der Waals surface area (Å²) < 4.78 is 35.0. The summed E-state index contributed by atoms with van der Waals surface area (Å²) in [6.45, 7) is 6.19. The minimum atomic E-state index is -3.88. The van der Waals surface area contributed by atoms with Crippen LogP contribution in [0.25, 0.3) is 16.8 Å². The Labute approximate surface area is 201 Å². The Balaban J connectivity index is 1.74. The van der Waals surface area contributed by atoms with Gasteiger partial charge in [0.25, 0.3) is 10.0 Å². The van der Waals surface area contributed by atoms with Gasteiger partial charge in [-0.05, 0) is 52.8 Å². The zero-order chi connectivity index (χ0) is 24.0. The molecule has 0 bridgehead atoms. The lowest BCUT2D eigenvalue weighted by atomic mass is 9.87. The number of rotatable bonds is 5. The summed E-state index contributed by atoms with van der Waals surface area (Å²) in [6.07, 6.45) is 0. The molecule has 172 valence electrons. The zero-order valence-electron chi connectivity index (χ0n) is 18.4. The van der Waals surface area contributed by atoms with E-state index in [0.717, 1.165) is 5.56 Å². The maximum Gasteiger partial charge on any atom is 0.348 e. The van der Waals surface area contributed by atoms with Crippen LogP contribution < -0.4 is 4.72 Å². The van der Waals surface area contributed by atoms with E-state index in [4.69, 9.17) is 16.3 Å². The maximum atomic E-state index is 13.1. The Morgan fingerprint density at radius 2 is 1.82 bits per heavy atom. The number of ether oxygens (including phenoxy) is 1. The number of nitrogens with one attached hydrogen (secondary N) is 1. The second-order valence-corrected chi connectivity index (χ2v) is 11.4. The largest absolute Gasteiger partial charge is 0.465 e. The number of thiophene rings is 1. The van der Waals surface area contributed by atoms with Crippen LogP contribution in [0.3, 0.4) is 0 Å². The summed E-state index contributed by atoms with van der Waals surface area (Å²) in [7, 11) is -2.56. The SMILES string of the molecule is COC(=O)c1sccc1-c1cc2c(Cl)ccc(NS(=O)(=O)c3ccc(C(C)(C)C)cc3)n2n1. The minimum Gasteiger partial charge on any atom is -0.465 e. The van der Waals surface area contributed by atoms with Crippen LogP contribution in [0.4, 0.5) is 5.82 Å². The molecule has 0 atom stereocenters. The molecule has 3 heterocycles. The molecule has 10 heteroatoms. The normalized spacial score (nSPS) is 12.2. The second-order valence-electron chi connectivity index (χ2n) is 8.43. The number of aromatic nitrogens is 2. The standard InChI is InChI=1S/C23H22ClN3O4S2/c1-23(2,3)14-5-7-15(8-6-14)33(29,30)26-20-10-9-17(24)19-13-18(25-27(19)20)16-11-12-32-21(16)22(28)31-4/h5-13,26H,1-4H3. The van der Waals surface area contributed by atoms with E-state index in [1.54, 1.807) is 41.8 Å². The van der Waals surface area contributed by atoms with Crippen molar-refractivity contribution < 1.29 is 17.9 Å². The number of halogens is 1. The quantitative estimate of drug-likeness (QED) is 0.358. The van der Waals surface area contributed by atoms with Gasteiger partial charge in [0, 0.05) is 5.56 Å². The van der Waals surface area contributed by atoms with Gasteiger partial charge < -0.3 is 4.74 Å². The number of sulfonamides is 1. The summed E-state index contributed by atoms with van der Waals surface area (Å²) >= 11 is 7.59. The number of pyridine rings is 1. The molecule has 0 aliphatic rings. The number of hydrogen-bond acceptors (Lipinski definition) is 6. The van der Waals surface area contributed by atoms with Crippen molar-refractivity contribution in [3.05, 3.63) is 69.4 Å². The molecular formula is C23H22ClN3O4S2. The topological polar surface area (TPSA) is 89.8 Å². The monoisotopic (exact) mass is 503 g/mol. The fourth-order valence-corrected chi connectivity index (χ4v) is 5.40. The van der Waals surface area contributed by atoms with Crippen LogP contribution in [0.1, 0.15) is 36.0 Å². The van der Waals surface area contributed by atoms with Crippen molar-refractivity contribution in [2.75, 3.05) is 11.8 Å². The van der Waals surface area contributed by atoms with Gasteiger partial charge in [0.2, 0.25) is 0 Å². The van der Waals surface area contributed by atoms with Gasteiger partial charge in [0.05, 0.1) is 28.2 Å². The molecule has 4 aromatic rings. The number of carbonyl (C=O) groups is 1. The summed E-state index contributed by atoms with van der Waals surface area (Å²) in [4.78, 5) is 12.6. The molecule has 0 amide bonds. The average Bonchev–Trinajstić information content (AvgIpc) is 3.42. The highest BCUT2D eigenvalue weighted by Gasteiger charge is 2.22. The predicted molar refractivity (Wildman–Crippen MR) is 131 cm³/mol. The van der Waals surface area contributed by atoms with Crippen molar-refractivity contribution >= 4 is 50.3 Å². The van der Waals surface area contributed by atoms with Crippen LogP contribution in [0.15, 0.2) is 58.8 Å². The zero-order valence-corrected chi connectivity index (χ0v) is 20.8. The number of benzene rings is 1. The lowest BCUT2D eigenvalue weighted by Gasteiger charge is -2.19. The van der Waals surface area contributed by atoms with Gasteiger partial charge in [-0.1, -0.05) is 44.5 Å². The average molecular weight is 504 g/mol. The first-order valence-corrected chi connectivity index (χ1v) is 12.7. The third-order valence-electron chi connectivity index (χ3n) is 5.15. The first kappa shape index (κ1) is 23.3. The van der Waals surface area contributed by atoms with Crippen molar-refractivity contribution in [1.82, 2.24) is 9.61 Å². The molecule has 4 rings (SSSR count).